The maximum Gasteiger partial charge on any atom is 0.359 e. The van der Waals surface area contributed by atoms with E-state index >= 15 is 0 Å². The summed E-state index contributed by atoms with van der Waals surface area (Å²) in [7, 11) is -4.38. The first-order chi connectivity index (χ1) is 13.7. The van der Waals surface area contributed by atoms with E-state index in [1.54, 1.807) is 20.8 Å². The number of aliphatic hydroxyl groups is 3. The molecule has 0 fully saturated rings. The summed E-state index contributed by atoms with van der Waals surface area (Å²) in [6.45, 7) is 6.74. The van der Waals surface area contributed by atoms with E-state index in [2.05, 4.69) is 4.98 Å². The Morgan fingerprint density at radius 1 is 1.27 bits per heavy atom. The van der Waals surface area contributed by atoms with Crippen LogP contribution < -0.4 is 11.2 Å². The highest BCUT2D eigenvalue weighted by atomic mass is 31.2. The zero-order valence-corrected chi connectivity index (χ0v) is 18.9. The number of aliphatic hydroxyl groups excluding tert-OH is 2. The van der Waals surface area contributed by atoms with Crippen LogP contribution in [0.25, 0.3) is 0 Å². The monoisotopic (exact) mass is 452 g/mol. The number of hydrogen-bond acceptors (Lipinski definition) is 8. The van der Waals surface area contributed by atoms with Crippen LogP contribution in [-0.4, -0.2) is 60.0 Å². The third kappa shape index (κ3) is 6.34. The van der Waals surface area contributed by atoms with E-state index < -0.39 is 48.7 Å². The van der Waals surface area contributed by atoms with E-state index in [-0.39, 0.29) is 25.0 Å². The molecule has 1 aromatic rings. The summed E-state index contributed by atoms with van der Waals surface area (Å²) in [5, 5.41) is 27.7. The Balaban J connectivity index is 3.02. The summed E-state index contributed by atoms with van der Waals surface area (Å²) in [5.41, 5.74) is -2.35. The molecule has 0 bridgehead atoms. The number of nitrogens with zero attached hydrogens (tertiary/aromatic N) is 1. The van der Waals surface area contributed by atoms with Crippen molar-refractivity contribution >= 4 is 7.60 Å². The van der Waals surface area contributed by atoms with Gasteiger partial charge in [-0.2, -0.15) is 0 Å². The predicted molar refractivity (Wildman–Crippen MR) is 109 cm³/mol. The molecule has 0 aromatic carbocycles. The Morgan fingerprint density at radius 3 is 2.37 bits per heavy atom. The second kappa shape index (κ2) is 10.3. The summed E-state index contributed by atoms with van der Waals surface area (Å²) >= 11 is 0. The number of aryl methyl sites for hydroxylation is 1. The summed E-state index contributed by atoms with van der Waals surface area (Å²) in [4.78, 5) is 36.0. The molecule has 1 rings (SSSR count). The molecular formula is C18H33N2O9P. The Morgan fingerprint density at radius 2 is 1.87 bits per heavy atom. The molecule has 0 aliphatic heterocycles. The number of rotatable bonds is 12. The highest BCUT2D eigenvalue weighted by molar-refractivity contribution is 7.54. The van der Waals surface area contributed by atoms with Crippen molar-refractivity contribution in [1.29, 1.82) is 0 Å². The number of nitrogens with one attached hydrogen (secondary N) is 1. The number of H-pyrrole nitrogens is 1. The molecule has 174 valence electrons. The smallest absolute Gasteiger partial charge is 0.359 e. The van der Waals surface area contributed by atoms with E-state index in [0.717, 1.165) is 4.57 Å². The summed E-state index contributed by atoms with van der Waals surface area (Å²) < 4.78 is 24.5. The number of aromatic amines is 1. The van der Waals surface area contributed by atoms with Gasteiger partial charge in [0.05, 0.1) is 18.8 Å². The van der Waals surface area contributed by atoms with Gasteiger partial charge in [-0.25, -0.2) is 4.79 Å². The van der Waals surface area contributed by atoms with Gasteiger partial charge in [-0.15, -0.1) is 0 Å². The number of ether oxygens (including phenoxy) is 1. The quantitative estimate of drug-likeness (QED) is 0.285. The maximum absolute atomic E-state index is 12.5. The van der Waals surface area contributed by atoms with Gasteiger partial charge in [0, 0.05) is 18.2 Å². The molecule has 0 saturated carbocycles. The minimum atomic E-state index is -4.38. The summed E-state index contributed by atoms with van der Waals surface area (Å²) in [6, 6.07) is 0. The summed E-state index contributed by atoms with van der Waals surface area (Å²) in [5.74, 6) is 0. The van der Waals surface area contributed by atoms with Crippen LogP contribution in [0, 0.1) is 6.92 Å². The molecule has 0 aliphatic rings. The largest absolute Gasteiger partial charge is 0.394 e. The van der Waals surface area contributed by atoms with E-state index in [1.165, 1.54) is 20.0 Å². The maximum atomic E-state index is 12.5. The topological polar surface area (TPSA) is 171 Å². The summed E-state index contributed by atoms with van der Waals surface area (Å²) in [6.07, 6.45) is -1.16. The fourth-order valence-electron chi connectivity index (χ4n) is 2.52. The highest BCUT2D eigenvalue weighted by Crippen LogP contribution is 2.58. The van der Waals surface area contributed by atoms with Crippen LogP contribution in [0.5, 0.6) is 0 Å². The molecule has 30 heavy (non-hydrogen) atoms. The third-order valence-electron chi connectivity index (χ3n) is 5.23. The van der Waals surface area contributed by atoms with Crippen LogP contribution in [0.1, 0.15) is 58.7 Å². The predicted octanol–water partition coefficient (Wildman–Crippen LogP) is 0.593. The number of hydrogen-bond donors (Lipinski definition) is 5. The molecule has 12 heteroatoms. The van der Waals surface area contributed by atoms with Gasteiger partial charge in [0.2, 0.25) is 0 Å². The second-order valence-electron chi connectivity index (χ2n) is 7.73. The Bertz CT molecular complexity index is 866. The molecule has 3 unspecified atom stereocenters. The molecular weight excluding hydrogens is 419 g/mol. The van der Waals surface area contributed by atoms with E-state index in [1.807, 2.05) is 0 Å². The Kier molecular flexibility index (Phi) is 9.19. The first kappa shape index (κ1) is 26.7. The molecule has 1 heterocycles. The van der Waals surface area contributed by atoms with Gasteiger partial charge >= 0.3 is 13.3 Å². The van der Waals surface area contributed by atoms with E-state index in [9.17, 15) is 34.4 Å². The van der Waals surface area contributed by atoms with Crippen LogP contribution in [0.4, 0.5) is 0 Å². The van der Waals surface area contributed by atoms with Crippen LogP contribution in [-0.2, 0) is 13.8 Å². The zero-order valence-electron chi connectivity index (χ0n) is 18.0. The van der Waals surface area contributed by atoms with Crippen molar-refractivity contribution in [2.24, 2.45) is 0 Å². The molecule has 0 aliphatic carbocycles. The van der Waals surface area contributed by atoms with Gasteiger partial charge in [-0.3, -0.25) is 18.9 Å². The van der Waals surface area contributed by atoms with Crippen molar-refractivity contribution < 1.29 is 34.0 Å². The first-order valence-corrected chi connectivity index (χ1v) is 11.3. The van der Waals surface area contributed by atoms with Gasteiger partial charge in [0.15, 0.2) is 11.6 Å². The van der Waals surface area contributed by atoms with Crippen molar-refractivity contribution in [3.05, 3.63) is 32.6 Å². The van der Waals surface area contributed by atoms with Crippen molar-refractivity contribution in [3.63, 3.8) is 0 Å². The lowest BCUT2D eigenvalue weighted by Crippen LogP contribution is -2.41. The highest BCUT2D eigenvalue weighted by Gasteiger charge is 2.46. The van der Waals surface area contributed by atoms with Gasteiger partial charge in [0.25, 0.3) is 5.56 Å². The van der Waals surface area contributed by atoms with Gasteiger partial charge in [-0.05, 0) is 33.6 Å². The van der Waals surface area contributed by atoms with Crippen molar-refractivity contribution in [2.45, 2.75) is 77.2 Å². The van der Waals surface area contributed by atoms with Crippen LogP contribution in [0.3, 0.4) is 0 Å². The molecule has 0 amide bonds. The van der Waals surface area contributed by atoms with E-state index in [0.29, 0.717) is 6.42 Å². The minimum Gasteiger partial charge on any atom is -0.394 e. The lowest BCUT2D eigenvalue weighted by molar-refractivity contribution is -0.111. The fraction of sp³-hybridized carbons (Fsp3) is 0.778. The van der Waals surface area contributed by atoms with Gasteiger partial charge in [-0.1, -0.05) is 13.8 Å². The Labute approximate surface area is 174 Å². The zero-order chi connectivity index (χ0) is 23.3. The average Bonchev–Trinajstić information content (AvgIpc) is 2.67. The fourth-order valence-corrected chi connectivity index (χ4v) is 3.94. The van der Waals surface area contributed by atoms with Crippen LogP contribution in [0.2, 0.25) is 0 Å². The van der Waals surface area contributed by atoms with E-state index in [4.69, 9.17) is 9.26 Å². The lowest BCUT2D eigenvalue weighted by Gasteiger charge is -2.36. The third-order valence-corrected chi connectivity index (χ3v) is 7.45. The van der Waals surface area contributed by atoms with Crippen molar-refractivity contribution in [1.82, 2.24) is 9.55 Å². The van der Waals surface area contributed by atoms with Crippen molar-refractivity contribution in [2.75, 3.05) is 13.2 Å². The van der Waals surface area contributed by atoms with Crippen LogP contribution >= 0.6 is 7.60 Å². The molecule has 5 N–H and O–H groups in total. The molecule has 11 nitrogen and oxygen atoms in total. The molecule has 0 saturated heterocycles. The average molecular weight is 452 g/mol. The first-order valence-electron chi connectivity index (χ1n) is 9.72. The van der Waals surface area contributed by atoms with Crippen LogP contribution in [0.15, 0.2) is 15.8 Å². The van der Waals surface area contributed by atoms with Gasteiger partial charge in [0.1, 0.15) is 6.10 Å². The second-order valence-corrected chi connectivity index (χ2v) is 9.91. The molecule has 1 aromatic heterocycles. The van der Waals surface area contributed by atoms with Gasteiger partial charge < -0.3 is 29.5 Å². The standard InChI is InChI=1S/C18H33N2O9P/c1-6-17(4,29-30(26,27)18(5,25)7-2)8-9-28-15(13(22)11-21)20-10-12(3)14(23)19-16(20)24/h10,13,15,21-22,25H,6-9,11H2,1-5H3,(H,26,27)(H,19,23,24)/t13-,15-,17?,18?/m1/s1. The van der Waals surface area contributed by atoms with Crippen molar-refractivity contribution in [3.8, 4) is 0 Å². The normalized spacial score (nSPS) is 20.0. The number of aromatic nitrogens is 2. The molecule has 5 atom stereocenters. The molecule has 0 radical (unpaired) electrons. The Hall–Kier alpha value is -1.33. The SMILES string of the molecule is CCC(C)(CCO[C@H]([C@H](O)CO)n1cc(C)c(=O)[nH]c1=O)OP(=O)(O)C(C)(O)CC. The minimum absolute atomic E-state index is 0.0102. The molecule has 0 spiro atoms. The lowest BCUT2D eigenvalue weighted by atomic mass is 10.0.